The molecule has 0 atom stereocenters. The van der Waals surface area contributed by atoms with E-state index in [0.717, 1.165) is 16.5 Å². The Labute approximate surface area is 149 Å². The summed E-state index contributed by atoms with van der Waals surface area (Å²) in [6, 6.07) is 14.8. The molecule has 0 bridgehead atoms. The summed E-state index contributed by atoms with van der Waals surface area (Å²) in [6.07, 6.45) is 0. The first-order chi connectivity index (χ1) is 12.6. The molecule has 0 N–H and O–H groups in total. The number of benzene rings is 2. The topological polar surface area (TPSA) is 78.4 Å². The molecule has 0 saturated carbocycles. The highest BCUT2D eigenvalue weighted by Crippen LogP contribution is 2.25. The van der Waals surface area contributed by atoms with Crippen molar-refractivity contribution in [1.29, 1.82) is 0 Å². The Bertz CT molecular complexity index is 1130. The van der Waals surface area contributed by atoms with Crippen LogP contribution < -0.4 is 10.4 Å². The molecule has 26 heavy (non-hydrogen) atoms. The zero-order valence-corrected chi connectivity index (χ0v) is 14.4. The first-order valence-electron chi connectivity index (χ1n) is 8.26. The molecule has 0 aliphatic rings. The highest BCUT2D eigenvalue weighted by molar-refractivity contribution is 5.81. The number of hydrogen-bond acceptors (Lipinski definition) is 6. The average molecular weight is 348 g/mol. The highest BCUT2D eigenvalue weighted by atomic mass is 16.5. The predicted molar refractivity (Wildman–Crippen MR) is 97.1 cm³/mol. The maximum Gasteiger partial charge on any atom is 0.349 e. The Kier molecular flexibility index (Phi) is 4.01. The van der Waals surface area contributed by atoms with Gasteiger partial charge in [-0.3, -0.25) is 0 Å². The molecule has 6 heteroatoms. The normalized spacial score (nSPS) is 11.0. The zero-order chi connectivity index (χ0) is 18.1. The quantitative estimate of drug-likeness (QED) is 0.514. The number of ether oxygens (including phenoxy) is 1. The second-order valence-corrected chi connectivity index (χ2v) is 5.87. The summed E-state index contributed by atoms with van der Waals surface area (Å²) < 4.78 is 16.1. The van der Waals surface area contributed by atoms with Gasteiger partial charge in [0.1, 0.15) is 16.9 Å². The number of aryl methyl sites for hydroxylation is 1. The minimum atomic E-state index is -0.537. The Morgan fingerprint density at radius 3 is 2.65 bits per heavy atom. The van der Waals surface area contributed by atoms with Gasteiger partial charge in [0.25, 0.3) is 5.89 Å². The lowest BCUT2D eigenvalue weighted by Crippen LogP contribution is -2.03. The molecule has 2 aromatic heterocycles. The van der Waals surface area contributed by atoms with Crippen LogP contribution in [0.15, 0.2) is 62.3 Å². The van der Waals surface area contributed by atoms with Crippen molar-refractivity contribution in [3.8, 4) is 28.6 Å². The van der Waals surface area contributed by atoms with Crippen LogP contribution in [0.5, 0.6) is 5.75 Å². The van der Waals surface area contributed by atoms with Crippen molar-refractivity contribution in [3.63, 3.8) is 0 Å². The van der Waals surface area contributed by atoms with Gasteiger partial charge in [-0.05, 0) is 32.0 Å². The van der Waals surface area contributed by atoms with Gasteiger partial charge >= 0.3 is 5.63 Å². The second-order valence-electron chi connectivity index (χ2n) is 5.87. The van der Waals surface area contributed by atoms with E-state index < -0.39 is 5.63 Å². The Hall–Kier alpha value is -3.41. The molecule has 0 spiro atoms. The van der Waals surface area contributed by atoms with E-state index in [4.69, 9.17) is 13.7 Å². The first kappa shape index (κ1) is 16.1. The lowest BCUT2D eigenvalue weighted by Gasteiger charge is -2.04. The molecule has 0 amide bonds. The van der Waals surface area contributed by atoms with E-state index in [1.165, 1.54) is 0 Å². The Morgan fingerprint density at radius 1 is 1.08 bits per heavy atom. The molecule has 0 unspecified atom stereocenters. The summed E-state index contributed by atoms with van der Waals surface area (Å²) >= 11 is 0. The number of nitrogens with zero attached hydrogens (tertiary/aromatic N) is 2. The van der Waals surface area contributed by atoms with E-state index in [0.29, 0.717) is 23.8 Å². The lowest BCUT2D eigenvalue weighted by atomic mass is 10.1. The molecule has 2 heterocycles. The molecular formula is C20H16N2O4. The number of aromatic nitrogens is 2. The van der Waals surface area contributed by atoms with Crippen LogP contribution in [0.2, 0.25) is 0 Å². The van der Waals surface area contributed by atoms with Gasteiger partial charge in [-0.1, -0.05) is 35.0 Å². The fourth-order valence-electron chi connectivity index (χ4n) is 2.65. The van der Waals surface area contributed by atoms with E-state index in [9.17, 15) is 4.79 Å². The molecule has 130 valence electrons. The summed E-state index contributed by atoms with van der Waals surface area (Å²) in [7, 11) is 0. The van der Waals surface area contributed by atoms with Gasteiger partial charge in [0.05, 0.1) is 6.61 Å². The average Bonchev–Trinajstić information content (AvgIpc) is 3.12. The summed E-state index contributed by atoms with van der Waals surface area (Å²) in [5.74, 6) is 1.20. The van der Waals surface area contributed by atoms with Crippen LogP contribution in [0, 0.1) is 6.92 Å². The zero-order valence-electron chi connectivity index (χ0n) is 14.4. The molecule has 0 aliphatic carbocycles. The van der Waals surface area contributed by atoms with Crippen molar-refractivity contribution in [2.75, 3.05) is 6.61 Å². The third-order valence-electron chi connectivity index (χ3n) is 3.98. The fraction of sp³-hybridized carbons (Fsp3) is 0.150. The third-order valence-corrected chi connectivity index (χ3v) is 3.98. The smallest absolute Gasteiger partial charge is 0.349 e. The molecule has 0 radical (unpaired) electrons. The van der Waals surface area contributed by atoms with Gasteiger partial charge in [-0.15, -0.1) is 0 Å². The summed E-state index contributed by atoms with van der Waals surface area (Å²) in [5, 5.41) is 4.71. The molecule has 2 aromatic carbocycles. The van der Waals surface area contributed by atoms with Gasteiger partial charge < -0.3 is 13.7 Å². The van der Waals surface area contributed by atoms with Crippen molar-refractivity contribution in [3.05, 3.63) is 64.5 Å². The van der Waals surface area contributed by atoms with Gasteiger partial charge in [-0.25, -0.2) is 4.79 Å². The second kappa shape index (κ2) is 6.48. The summed E-state index contributed by atoms with van der Waals surface area (Å²) in [6.45, 7) is 4.44. The standard InChI is InChI=1S/C20H16N2O4/c1-3-24-15-9-8-14-10-16(20(23)25-17(14)11-15)19-21-18(22-26-19)13-6-4-12(2)5-7-13/h4-11H,3H2,1-2H3. The van der Waals surface area contributed by atoms with Crippen LogP contribution in [0.3, 0.4) is 0 Å². The Morgan fingerprint density at radius 2 is 1.88 bits per heavy atom. The third kappa shape index (κ3) is 2.97. The first-order valence-corrected chi connectivity index (χ1v) is 8.26. The van der Waals surface area contributed by atoms with E-state index in [-0.39, 0.29) is 11.5 Å². The monoisotopic (exact) mass is 348 g/mol. The van der Waals surface area contributed by atoms with E-state index in [1.54, 1.807) is 12.1 Å². The van der Waals surface area contributed by atoms with Crippen molar-refractivity contribution < 1.29 is 13.7 Å². The molecule has 4 aromatic rings. The van der Waals surface area contributed by atoms with Crippen LogP contribution in [-0.2, 0) is 0 Å². The highest BCUT2D eigenvalue weighted by Gasteiger charge is 2.16. The molecule has 6 nitrogen and oxygen atoms in total. The summed E-state index contributed by atoms with van der Waals surface area (Å²) in [5.41, 5.74) is 2.09. The SMILES string of the molecule is CCOc1ccc2cc(-c3nc(-c4ccc(C)cc4)no3)c(=O)oc2c1. The molecule has 0 aliphatic heterocycles. The molecule has 4 rings (SSSR count). The minimum Gasteiger partial charge on any atom is -0.494 e. The molecule has 0 saturated heterocycles. The van der Waals surface area contributed by atoms with Gasteiger partial charge in [0.15, 0.2) is 0 Å². The minimum absolute atomic E-state index is 0.130. The Balaban J connectivity index is 1.75. The predicted octanol–water partition coefficient (Wildman–Crippen LogP) is 4.22. The van der Waals surface area contributed by atoms with Crippen LogP contribution in [0.4, 0.5) is 0 Å². The van der Waals surface area contributed by atoms with Gasteiger partial charge in [0, 0.05) is 17.0 Å². The maximum absolute atomic E-state index is 12.4. The van der Waals surface area contributed by atoms with Crippen molar-refractivity contribution in [2.45, 2.75) is 13.8 Å². The molecule has 0 fully saturated rings. The van der Waals surface area contributed by atoms with Crippen LogP contribution in [0.1, 0.15) is 12.5 Å². The van der Waals surface area contributed by atoms with Crippen molar-refractivity contribution in [1.82, 2.24) is 10.1 Å². The fourth-order valence-corrected chi connectivity index (χ4v) is 2.65. The van der Waals surface area contributed by atoms with Gasteiger partial charge in [0.2, 0.25) is 5.82 Å². The lowest BCUT2D eigenvalue weighted by molar-refractivity contribution is 0.340. The van der Waals surface area contributed by atoms with E-state index in [1.807, 2.05) is 50.2 Å². The number of rotatable bonds is 4. The van der Waals surface area contributed by atoms with E-state index in [2.05, 4.69) is 10.1 Å². The number of hydrogen-bond donors (Lipinski definition) is 0. The van der Waals surface area contributed by atoms with Crippen molar-refractivity contribution in [2.24, 2.45) is 0 Å². The molecular weight excluding hydrogens is 332 g/mol. The van der Waals surface area contributed by atoms with Gasteiger partial charge in [-0.2, -0.15) is 4.98 Å². The van der Waals surface area contributed by atoms with Crippen LogP contribution in [-0.4, -0.2) is 16.7 Å². The van der Waals surface area contributed by atoms with Crippen LogP contribution >= 0.6 is 0 Å². The number of fused-ring (bicyclic) bond motifs is 1. The van der Waals surface area contributed by atoms with E-state index >= 15 is 0 Å². The van der Waals surface area contributed by atoms with Crippen molar-refractivity contribution >= 4 is 11.0 Å². The summed E-state index contributed by atoms with van der Waals surface area (Å²) in [4.78, 5) is 16.7. The largest absolute Gasteiger partial charge is 0.494 e. The maximum atomic E-state index is 12.4. The van der Waals surface area contributed by atoms with Crippen LogP contribution in [0.25, 0.3) is 33.8 Å².